The third-order valence-electron chi connectivity index (χ3n) is 5.90. The van der Waals surface area contributed by atoms with Gasteiger partial charge in [0.25, 0.3) is 5.91 Å². The van der Waals surface area contributed by atoms with Gasteiger partial charge < -0.3 is 25.2 Å². The Labute approximate surface area is 184 Å². The van der Waals surface area contributed by atoms with Crippen LogP contribution in [0, 0.1) is 12.8 Å². The number of ether oxygens (including phenoxy) is 1. The van der Waals surface area contributed by atoms with Crippen LogP contribution in [0.25, 0.3) is 0 Å². The predicted molar refractivity (Wildman–Crippen MR) is 118 cm³/mol. The van der Waals surface area contributed by atoms with Gasteiger partial charge in [0.2, 0.25) is 5.91 Å². The van der Waals surface area contributed by atoms with E-state index in [1.165, 1.54) is 0 Å². The summed E-state index contributed by atoms with van der Waals surface area (Å²) in [7, 11) is 0. The van der Waals surface area contributed by atoms with Crippen LogP contribution in [0.3, 0.4) is 0 Å². The first-order chi connectivity index (χ1) is 14.8. The van der Waals surface area contributed by atoms with E-state index in [4.69, 9.17) is 4.74 Å². The first-order valence-electron chi connectivity index (χ1n) is 11.1. The molecule has 0 aromatic heterocycles. The molecule has 2 saturated heterocycles. The molecule has 0 radical (unpaired) electrons. The predicted octanol–water partition coefficient (Wildman–Crippen LogP) is 1.78. The highest BCUT2D eigenvalue weighted by molar-refractivity contribution is 5.97. The monoisotopic (exact) mass is 430 g/mol. The minimum atomic E-state index is -0.609. The van der Waals surface area contributed by atoms with Gasteiger partial charge >= 0.3 is 6.03 Å². The van der Waals surface area contributed by atoms with Crippen LogP contribution in [0.2, 0.25) is 0 Å². The number of hydrogen-bond donors (Lipinski definition) is 2. The molecule has 2 fully saturated rings. The summed E-state index contributed by atoms with van der Waals surface area (Å²) >= 11 is 0. The third-order valence-corrected chi connectivity index (χ3v) is 5.90. The van der Waals surface area contributed by atoms with Crippen LogP contribution in [0.15, 0.2) is 24.3 Å². The number of amides is 4. The van der Waals surface area contributed by atoms with Crippen LogP contribution in [0.5, 0.6) is 0 Å². The maximum atomic E-state index is 13.3. The zero-order chi connectivity index (χ0) is 22.4. The Morgan fingerprint density at radius 1 is 0.935 bits per heavy atom. The lowest BCUT2D eigenvalue weighted by atomic mass is 9.88. The van der Waals surface area contributed by atoms with Crippen molar-refractivity contribution in [1.82, 2.24) is 20.4 Å². The number of morpholine rings is 1. The van der Waals surface area contributed by atoms with E-state index >= 15 is 0 Å². The summed E-state index contributed by atoms with van der Waals surface area (Å²) in [6, 6.07) is 6.73. The lowest BCUT2D eigenvalue weighted by Gasteiger charge is -2.38. The number of urea groups is 1. The van der Waals surface area contributed by atoms with E-state index in [2.05, 4.69) is 10.6 Å². The Hall–Kier alpha value is -2.61. The molecule has 31 heavy (non-hydrogen) atoms. The maximum absolute atomic E-state index is 13.3. The molecule has 0 spiro atoms. The standard InChI is InChI=1S/C23H34N4O4/c1-16(2)24-23(30)27-10-8-18(9-11-27)20(22(29)26-12-14-31-15-13-26)25-21(28)19-6-4-17(3)5-7-19/h4-7,16,18,20H,8-15H2,1-3H3,(H,24,30)(H,25,28). The van der Waals surface area contributed by atoms with Gasteiger partial charge in [0.05, 0.1) is 13.2 Å². The van der Waals surface area contributed by atoms with Crippen LogP contribution >= 0.6 is 0 Å². The average Bonchev–Trinajstić information content (AvgIpc) is 2.77. The molecular formula is C23H34N4O4. The molecule has 1 aromatic carbocycles. The molecule has 2 heterocycles. The summed E-state index contributed by atoms with van der Waals surface area (Å²) in [6.45, 7) is 9.06. The minimum absolute atomic E-state index is 0.0205. The fourth-order valence-electron chi connectivity index (χ4n) is 4.07. The molecule has 8 nitrogen and oxygen atoms in total. The molecule has 1 aromatic rings. The van der Waals surface area contributed by atoms with Gasteiger partial charge in [-0.05, 0) is 51.7 Å². The van der Waals surface area contributed by atoms with Gasteiger partial charge in [-0.1, -0.05) is 17.7 Å². The smallest absolute Gasteiger partial charge is 0.317 e. The first kappa shape index (κ1) is 23.1. The second-order valence-electron chi connectivity index (χ2n) is 8.68. The highest BCUT2D eigenvalue weighted by atomic mass is 16.5. The number of rotatable bonds is 5. The van der Waals surface area contributed by atoms with Crippen molar-refractivity contribution in [3.05, 3.63) is 35.4 Å². The van der Waals surface area contributed by atoms with Crippen molar-refractivity contribution in [3.63, 3.8) is 0 Å². The maximum Gasteiger partial charge on any atom is 0.317 e. The third kappa shape index (κ3) is 6.19. The molecule has 1 unspecified atom stereocenters. The molecule has 3 rings (SSSR count). The van der Waals surface area contributed by atoms with Gasteiger partial charge in [-0.15, -0.1) is 0 Å². The highest BCUT2D eigenvalue weighted by Gasteiger charge is 2.36. The van der Waals surface area contributed by atoms with Gasteiger partial charge in [-0.3, -0.25) is 9.59 Å². The second kappa shape index (κ2) is 10.6. The lowest BCUT2D eigenvalue weighted by Crippen LogP contribution is -2.57. The van der Waals surface area contributed by atoms with E-state index in [9.17, 15) is 14.4 Å². The number of nitrogens with zero attached hydrogens (tertiary/aromatic N) is 2. The van der Waals surface area contributed by atoms with Crippen LogP contribution in [-0.2, 0) is 9.53 Å². The normalized spacial score (nSPS) is 18.6. The molecular weight excluding hydrogens is 396 g/mol. The van der Waals surface area contributed by atoms with E-state index < -0.39 is 6.04 Å². The summed E-state index contributed by atoms with van der Waals surface area (Å²) < 4.78 is 5.38. The van der Waals surface area contributed by atoms with Crippen molar-refractivity contribution in [2.45, 2.75) is 45.7 Å². The van der Waals surface area contributed by atoms with Gasteiger partial charge in [0, 0.05) is 37.8 Å². The lowest BCUT2D eigenvalue weighted by molar-refractivity contribution is -0.139. The van der Waals surface area contributed by atoms with Gasteiger partial charge in [0.15, 0.2) is 0 Å². The van der Waals surface area contributed by atoms with Crippen molar-refractivity contribution in [1.29, 1.82) is 0 Å². The average molecular weight is 431 g/mol. The van der Waals surface area contributed by atoms with Crippen LogP contribution in [0.4, 0.5) is 4.79 Å². The molecule has 2 aliphatic heterocycles. The van der Waals surface area contributed by atoms with E-state index in [0.717, 1.165) is 5.56 Å². The summed E-state index contributed by atoms with van der Waals surface area (Å²) in [5, 5.41) is 5.92. The number of carbonyl (C=O) groups is 3. The van der Waals surface area contributed by atoms with Gasteiger partial charge in [-0.25, -0.2) is 4.79 Å². The number of aryl methyl sites for hydroxylation is 1. The Balaban J connectivity index is 1.70. The Morgan fingerprint density at radius 2 is 1.55 bits per heavy atom. The second-order valence-corrected chi connectivity index (χ2v) is 8.68. The van der Waals surface area contributed by atoms with Gasteiger partial charge in [0.1, 0.15) is 6.04 Å². The Morgan fingerprint density at radius 3 is 2.13 bits per heavy atom. The number of piperidine rings is 1. The molecule has 1 atom stereocenters. The summed E-state index contributed by atoms with van der Waals surface area (Å²) in [6.07, 6.45) is 1.33. The molecule has 2 aliphatic rings. The van der Waals surface area contributed by atoms with E-state index in [1.807, 2.05) is 32.9 Å². The number of hydrogen-bond acceptors (Lipinski definition) is 4. The molecule has 8 heteroatoms. The zero-order valence-electron chi connectivity index (χ0n) is 18.7. The van der Waals surface area contributed by atoms with Crippen molar-refractivity contribution >= 4 is 17.8 Å². The molecule has 0 saturated carbocycles. The van der Waals surface area contributed by atoms with E-state index in [-0.39, 0.29) is 29.8 Å². The van der Waals surface area contributed by atoms with Crippen LogP contribution in [0.1, 0.15) is 42.6 Å². The summed E-state index contributed by atoms with van der Waals surface area (Å²) in [4.78, 5) is 42.1. The zero-order valence-corrected chi connectivity index (χ0v) is 18.7. The van der Waals surface area contributed by atoms with E-state index in [1.54, 1.807) is 21.9 Å². The topological polar surface area (TPSA) is 91.0 Å². The Bertz CT molecular complexity index is 766. The first-order valence-corrected chi connectivity index (χ1v) is 11.1. The number of benzene rings is 1. The Kier molecular flexibility index (Phi) is 7.90. The largest absolute Gasteiger partial charge is 0.378 e. The highest BCUT2D eigenvalue weighted by Crippen LogP contribution is 2.23. The van der Waals surface area contributed by atoms with Crippen molar-refractivity contribution in [2.24, 2.45) is 5.92 Å². The van der Waals surface area contributed by atoms with E-state index in [0.29, 0.717) is 57.8 Å². The molecule has 170 valence electrons. The molecule has 0 bridgehead atoms. The number of carbonyl (C=O) groups excluding carboxylic acids is 3. The molecule has 4 amide bonds. The van der Waals surface area contributed by atoms with Crippen molar-refractivity contribution in [3.8, 4) is 0 Å². The fraction of sp³-hybridized carbons (Fsp3) is 0.609. The van der Waals surface area contributed by atoms with Crippen molar-refractivity contribution < 1.29 is 19.1 Å². The summed E-state index contributed by atoms with van der Waals surface area (Å²) in [5.41, 5.74) is 1.61. The molecule has 2 N–H and O–H groups in total. The van der Waals surface area contributed by atoms with Crippen LogP contribution in [-0.4, -0.2) is 79.1 Å². The number of likely N-dealkylation sites (tertiary alicyclic amines) is 1. The number of nitrogens with one attached hydrogen (secondary N) is 2. The summed E-state index contributed by atoms with van der Waals surface area (Å²) in [5.74, 6) is -0.326. The van der Waals surface area contributed by atoms with Gasteiger partial charge in [-0.2, -0.15) is 0 Å². The SMILES string of the molecule is Cc1ccc(C(=O)NC(C(=O)N2CCOCC2)C2CCN(C(=O)NC(C)C)CC2)cc1. The fourth-order valence-corrected chi connectivity index (χ4v) is 4.07. The molecule has 0 aliphatic carbocycles. The van der Waals surface area contributed by atoms with Crippen molar-refractivity contribution in [2.75, 3.05) is 39.4 Å². The van der Waals surface area contributed by atoms with Crippen LogP contribution < -0.4 is 10.6 Å². The minimum Gasteiger partial charge on any atom is -0.378 e. The quantitative estimate of drug-likeness (QED) is 0.745.